The summed E-state index contributed by atoms with van der Waals surface area (Å²) in [6, 6.07) is 10.5. The Balaban J connectivity index is 2.61. The minimum Gasteiger partial charge on any atom is -0.508 e. The van der Waals surface area contributed by atoms with Gasteiger partial charge in [-0.2, -0.15) is 5.26 Å². The molecule has 0 fully saturated rings. The van der Waals surface area contributed by atoms with Crippen molar-refractivity contribution in [2.75, 3.05) is 12.3 Å². The first kappa shape index (κ1) is 16.0. The predicted octanol–water partition coefficient (Wildman–Crippen LogP) is 2.10. The fraction of sp³-hybridized carbons (Fsp3) is 0.118. The Morgan fingerprint density at radius 3 is 2.78 bits per heavy atom. The molecular formula is C17H17N5O. The molecule has 1 aromatic carbocycles. The van der Waals surface area contributed by atoms with Crippen LogP contribution in [0.15, 0.2) is 41.5 Å². The van der Waals surface area contributed by atoms with Gasteiger partial charge in [0.1, 0.15) is 18.1 Å². The fourth-order valence-electron chi connectivity index (χ4n) is 2.17. The molecule has 0 amide bonds. The van der Waals surface area contributed by atoms with E-state index >= 15 is 0 Å². The van der Waals surface area contributed by atoms with Gasteiger partial charge in [0.25, 0.3) is 0 Å². The first-order valence-corrected chi connectivity index (χ1v) is 6.90. The Bertz CT molecular complexity index is 798. The van der Waals surface area contributed by atoms with Crippen LogP contribution in [0.3, 0.4) is 0 Å². The zero-order chi connectivity index (χ0) is 16.8. The second-order valence-electron chi connectivity index (χ2n) is 4.98. The van der Waals surface area contributed by atoms with Gasteiger partial charge in [0.05, 0.1) is 6.07 Å². The summed E-state index contributed by atoms with van der Waals surface area (Å²) in [5, 5.41) is 18.4. The van der Waals surface area contributed by atoms with E-state index in [1.807, 2.05) is 19.1 Å². The summed E-state index contributed by atoms with van der Waals surface area (Å²) in [5.74, 6) is 0.485. The number of aromatic hydroxyl groups is 1. The molecule has 0 aliphatic heterocycles. The Labute approximate surface area is 134 Å². The Kier molecular flexibility index (Phi) is 4.95. The monoisotopic (exact) mass is 307 g/mol. The molecule has 23 heavy (non-hydrogen) atoms. The summed E-state index contributed by atoms with van der Waals surface area (Å²) in [7, 11) is 0. The summed E-state index contributed by atoms with van der Waals surface area (Å²) in [6.07, 6.45) is 3.11. The molecule has 0 atom stereocenters. The SMILES string of the molecule is Cc1cc(O)cc(C(N)=C(C=NCC#N)c2ccnc(N)c2)c1. The number of aromatic nitrogens is 1. The van der Waals surface area contributed by atoms with E-state index in [1.54, 1.807) is 30.5 Å². The molecule has 0 bridgehead atoms. The molecule has 6 heteroatoms. The molecule has 1 aromatic heterocycles. The second-order valence-corrected chi connectivity index (χ2v) is 4.98. The van der Waals surface area contributed by atoms with Crippen LogP contribution in [0, 0.1) is 18.3 Å². The van der Waals surface area contributed by atoms with Crippen molar-refractivity contribution in [2.24, 2.45) is 10.7 Å². The van der Waals surface area contributed by atoms with Crippen LogP contribution in [0.25, 0.3) is 11.3 Å². The fourth-order valence-corrected chi connectivity index (χ4v) is 2.17. The number of aryl methyl sites for hydroxylation is 1. The van der Waals surface area contributed by atoms with Gasteiger partial charge in [-0.05, 0) is 48.4 Å². The lowest BCUT2D eigenvalue weighted by Crippen LogP contribution is -2.04. The van der Waals surface area contributed by atoms with Gasteiger partial charge in [0.2, 0.25) is 0 Å². The van der Waals surface area contributed by atoms with Crippen LogP contribution in [-0.4, -0.2) is 22.8 Å². The van der Waals surface area contributed by atoms with Crippen LogP contribution in [0.4, 0.5) is 5.82 Å². The summed E-state index contributed by atoms with van der Waals surface area (Å²) >= 11 is 0. The average molecular weight is 307 g/mol. The standard InChI is InChI=1S/C17H17N5O/c1-11-6-13(8-14(23)7-11)17(20)15(10-21-5-3-18)12-2-4-22-16(19)9-12/h2,4,6-10,23H,5,20H2,1H3,(H2,19,22). The number of phenolic OH excluding ortho intramolecular Hbond substituents is 1. The summed E-state index contributed by atoms with van der Waals surface area (Å²) in [5.41, 5.74) is 15.3. The Morgan fingerprint density at radius 1 is 1.35 bits per heavy atom. The van der Waals surface area contributed by atoms with Gasteiger partial charge in [-0.15, -0.1) is 0 Å². The zero-order valence-electron chi connectivity index (χ0n) is 12.7. The number of nitrogen functional groups attached to an aromatic ring is 1. The Hall–Kier alpha value is -3.33. The molecule has 0 unspecified atom stereocenters. The maximum atomic E-state index is 9.77. The summed E-state index contributed by atoms with van der Waals surface area (Å²) in [4.78, 5) is 8.00. The maximum Gasteiger partial charge on any atom is 0.126 e. The second kappa shape index (κ2) is 7.09. The number of anilines is 1. The first-order chi connectivity index (χ1) is 11.0. The largest absolute Gasteiger partial charge is 0.508 e. The number of hydrogen-bond donors (Lipinski definition) is 3. The van der Waals surface area contributed by atoms with Crippen LogP contribution in [-0.2, 0) is 0 Å². The molecular weight excluding hydrogens is 290 g/mol. The highest BCUT2D eigenvalue weighted by molar-refractivity contribution is 6.19. The van der Waals surface area contributed by atoms with Gasteiger partial charge in [-0.1, -0.05) is 0 Å². The number of aliphatic imine (C=N–C) groups is 1. The molecule has 0 spiro atoms. The maximum absolute atomic E-state index is 9.77. The quantitative estimate of drug-likeness (QED) is 0.590. The molecule has 0 aliphatic carbocycles. The zero-order valence-corrected chi connectivity index (χ0v) is 12.7. The lowest BCUT2D eigenvalue weighted by atomic mass is 10.00. The number of hydrogen-bond acceptors (Lipinski definition) is 6. The van der Waals surface area contributed by atoms with Gasteiger partial charge < -0.3 is 16.6 Å². The van der Waals surface area contributed by atoms with Gasteiger partial charge in [0.15, 0.2) is 0 Å². The van der Waals surface area contributed by atoms with Crippen molar-refractivity contribution in [1.29, 1.82) is 5.26 Å². The highest BCUT2D eigenvalue weighted by Crippen LogP contribution is 2.25. The van der Waals surface area contributed by atoms with E-state index in [0.29, 0.717) is 22.7 Å². The summed E-state index contributed by atoms with van der Waals surface area (Å²) in [6.45, 7) is 1.89. The topological polar surface area (TPSA) is 121 Å². The molecule has 5 N–H and O–H groups in total. The molecule has 1 heterocycles. The van der Waals surface area contributed by atoms with Gasteiger partial charge in [-0.25, -0.2) is 4.98 Å². The van der Waals surface area contributed by atoms with Gasteiger partial charge in [0, 0.05) is 29.2 Å². The minimum absolute atomic E-state index is 0.0242. The van der Waals surface area contributed by atoms with Crippen LogP contribution in [0.2, 0.25) is 0 Å². The molecule has 2 aromatic rings. The van der Waals surface area contributed by atoms with Gasteiger partial charge in [-0.3, -0.25) is 4.99 Å². The van der Waals surface area contributed by atoms with E-state index in [0.717, 1.165) is 11.1 Å². The van der Waals surface area contributed by atoms with E-state index in [-0.39, 0.29) is 12.3 Å². The van der Waals surface area contributed by atoms with E-state index in [1.165, 1.54) is 6.21 Å². The number of allylic oxidation sites excluding steroid dienone is 1. The third-order valence-electron chi connectivity index (χ3n) is 3.14. The third kappa shape index (κ3) is 4.08. The van der Waals surface area contributed by atoms with E-state index < -0.39 is 0 Å². The number of nitrogens with zero attached hydrogens (tertiary/aromatic N) is 3. The molecule has 6 nitrogen and oxygen atoms in total. The number of phenols is 1. The highest BCUT2D eigenvalue weighted by Gasteiger charge is 2.09. The van der Waals surface area contributed by atoms with Crippen molar-refractivity contribution < 1.29 is 5.11 Å². The number of rotatable bonds is 4. The van der Waals surface area contributed by atoms with Crippen molar-refractivity contribution in [2.45, 2.75) is 6.92 Å². The molecule has 0 aliphatic rings. The van der Waals surface area contributed by atoms with E-state index in [9.17, 15) is 5.11 Å². The van der Waals surface area contributed by atoms with Gasteiger partial charge >= 0.3 is 0 Å². The number of pyridine rings is 1. The van der Waals surface area contributed by atoms with Crippen LogP contribution in [0.1, 0.15) is 16.7 Å². The Morgan fingerprint density at radius 2 is 2.13 bits per heavy atom. The molecule has 0 radical (unpaired) electrons. The molecule has 2 rings (SSSR count). The minimum atomic E-state index is 0.0242. The number of nitrogens with two attached hydrogens (primary N) is 2. The van der Waals surface area contributed by atoms with Crippen LogP contribution in [0.5, 0.6) is 5.75 Å². The van der Waals surface area contributed by atoms with E-state index in [4.69, 9.17) is 16.7 Å². The lowest BCUT2D eigenvalue weighted by molar-refractivity contribution is 0.474. The predicted molar refractivity (Wildman–Crippen MR) is 91.5 cm³/mol. The lowest BCUT2D eigenvalue weighted by Gasteiger charge is -2.10. The van der Waals surface area contributed by atoms with E-state index in [2.05, 4.69) is 9.98 Å². The average Bonchev–Trinajstić information content (AvgIpc) is 2.50. The van der Waals surface area contributed by atoms with Crippen molar-refractivity contribution >= 4 is 23.3 Å². The summed E-state index contributed by atoms with van der Waals surface area (Å²) < 4.78 is 0. The first-order valence-electron chi connectivity index (χ1n) is 6.90. The number of benzene rings is 1. The number of nitriles is 1. The highest BCUT2D eigenvalue weighted by atomic mass is 16.3. The van der Waals surface area contributed by atoms with Crippen molar-refractivity contribution in [3.8, 4) is 11.8 Å². The van der Waals surface area contributed by atoms with Crippen LogP contribution < -0.4 is 11.5 Å². The molecule has 116 valence electrons. The van der Waals surface area contributed by atoms with Crippen molar-refractivity contribution in [1.82, 2.24) is 4.98 Å². The third-order valence-corrected chi connectivity index (χ3v) is 3.14. The van der Waals surface area contributed by atoms with Crippen molar-refractivity contribution in [3.63, 3.8) is 0 Å². The molecule has 0 saturated heterocycles. The molecule has 0 saturated carbocycles. The van der Waals surface area contributed by atoms with Crippen LogP contribution >= 0.6 is 0 Å². The van der Waals surface area contributed by atoms with Crippen molar-refractivity contribution in [3.05, 3.63) is 53.2 Å². The normalized spacial score (nSPS) is 12.0. The smallest absolute Gasteiger partial charge is 0.126 e.